The van der Waals surface area contributed by atoms with Gasteiger partial charge in [0.25, 0.3) is 0 Å². The Balaban J connectivity index is 0.000000284. The van der Waals surface area contributed by atoms with Crippen molar-refractivity contribution in [1.29, 1.82) is 0 Å². The third kappa shape index (κ3) is 7.50. The summed E-state index contributed by atoms with van der Waals surface area (Å²) in [5.74, 6) is 0. The van der Waals surface area contributed by atoms with Crippen molar-refractivity contribution >= 4 is 52.5 Å². The molecule has 0 saturated carbocycles. The lowest BCUT2D eigenvalue weighted by molar-refractivity contribution is -0.0510. The molecule has 126 valence electrons. The molecule has 0 aliphatic rings. The largest absolute Gasteiger partial charge is 0.522 e. The van der Waals surface area contributed by atoms with Gasteiger partial charge < -0.3 is 0 Å². The summed E-state index contributed by atoms with van der Waals surface area (Å²) in [5.41, 5.74) is -5.53. The highest BCUT2D eigenvalue weighted by Crippen LogP contribution is 2.20. The molecule has 2 aromatic carbocycles. The molecule has 3 nitrogen and oxygen atoms in total. The summed E-state index contributed by atoms with van der Waals surface area (Å²) in [6.07, 6.45) is 0. The van der Waals surface area contributed by atoms with E-state index in [9.17, 15) is 13.2 Å². The Morgan fingerprint density at radius 3 is 1.30 bits per heavy atom. The molecular formula is C13H10Cl2F3O3PS. The van der Waals surface area contributed by atoms with Gasteiger partial charge in [0.1, 0.15) is 0 Å². The predicted molar refractivity (Wildman–Crippen MR) is 88.1 cm³/mol. The second-order valence-electron chi connectivity index (χ2n) is 4.06. The minimum absolute atomic E-state index is 0.652. The Hall–Kier alpha value is -0.850. The lowest BCUT2D eigenvalue weighted by Crippen LogP contribution is -2.21. The minimum Gasteiger partial charge on any atom is -0.279 e. The van der Waals surface area contributed by atoms with Gasteiger partial charge >= 0.3 is 15.6 Å². The Bertz CT molecular complexity index is 689. The quantitative estimate of drug-likeness (QED) is 0.467. The highest BCUT2D eigenvalue weighted by atomic mass is 35.5. The van der Waals surface area contributed by atoms with Crippen molar-refractivity contribution in [3.63, 3.8) is 0 Å². The second-order valence-corrected chi connectivity index (χ2v) is 7.75. The molecule has 0 bridgehead atoms. The third-order valence-corrected chi connectivity index (χ3v) is 4.60. The van der Waals surface area contributed by atoms with E-state index in [0.717, 1.165) is 10.0 Å². The van der Waals surface area contributed by atoms with Crippen LogP contribution in [0.3, 0.4) is 0 Å². The molecule has 0 aliphatic heterocycles. The second kappa shape index (κ2) is 8.31. The number of alkyl halides is 3. The number of rotatable bonds is 2. The lowest BCUT2D eigenvalue weighted by Gasteiger charge is -2.02. The van der Waals surface area contributed by atoms with Crippen LogP contribution >= 0.6 is 31.8 Å². The molecular weight excluding hydrogens is 395 g/mol. The van der Waals surface area contributed by atoms with Crippen LogP contribution in [0, 0.1) is 0 Å². The summed E-state index contributed by atoms with van der Waals surface area (Å²) in [6, 6.07) is 15.9. The summed E-state index contributed by atoms with van der Waals surface area (Å²) in [6.45, 7) is 0. The summed E-state index contributed by atoms with van der Waals surface area (Å²) in [5, 5.41) is 4.11. The molecule has 23 heavy (non-hydrogen) atoms. The molecule has 0 radical (unpaired) electrons. The van der Waals surface area contributed by atoms with Gasteiger partial charge in [0.2, 0.25) is 0 Å². The van der Waals surface area contributed by atoms with Crippen molar-refractivity contribution in [2.24, 2.45) is 0 Å². The first-order valence-corrected chi connectivity index (χ1v) is 9.00. The van der Waals surface area contributed by atoms with E-state index < -0.39 is 15.6 Å². The highest BCUT2D eigenvalue weighted by Gasteiger charge is 2.44. The molecule has 0 fully saturated rings. The minimum atomic E-state index is -5.84. The van der Waals surface area contributed by atoms with Gasteiger partial charge in [-0.05, 0) is 34.9 Å². The standard InChI is InChI=1S/C12H9Cl2P.CHF3O3S/c13-9-1-5-11(6-2-9)15-12-7-3-10(14)4-8-12;2-1(3,4)8(5,6)7/h1-8,15H;(H,5,6,7). The Kier molecular flexibility index (Phi) is 7.29. The molecule has 0 heterocycles. The van der Waals surface area contributed by atoms with Gasteiger partial charge in [0, 0.05) is 10.0 Å². The molecule has 2 aromatic rings. The van der Waals surface area contributed by atoms with Gasteiger partial charge in [-0.3, -0.25) is 4.55 Å². The van der Waals surface area contributed by atoms with Gasteiger partial charge in [0.05, 0.1) is 0 Å². The van der Waals surface area contributed by atoms with Crippen LogP contribution in [-0.4, -0.2) is 18.5 Å². The zero-order valence-electron chi connectivity index (χ0n) is 11.2. The summed E-state index contributed by atoms with van der Waals surface area (Å²) < 4.78 is 57.5. The van der Waals surface area contributed by atoms with E-state index in [2.05, 4.69) is 24.3 Å². The molecule has 0 atom stereocenters. The van der Waals surface area contributed by atoms with E-state index in [1.807, 2.05) is 24.3 Å². The van der Waals surface area contributed by atoms with Crippen molar-refractivity contribution in [3.8, 4) is 0 Å². The van der Waals surface area contributed by atoms with E-state index >= 15 is 0 Å². The van der Waals surface area contributed by atoms with Gasteiger partial charge in [-0.25, -0.2) is 0 Å². The van der Waals surface area contributed by atoms with Gasteiger partial charge in [-0.1, -0.05) is 56.0 Å². The third-order valence-electron chi connectivity index (χ3n) is 2.27. The van der Waals surface area contributed by atoms with Crippen molar-refractivity contribution in [1.82, 2.24) is 0 Å². The van der Waals surface area contributed by atoms with Crippen molar-refractivity contribution in [2.75, 3.05) is 0 Å². The molecule has 0 aromatic heterocycles. The lowest BCUT2D eigenvalue weighted by atomic mass is 10.4. The fourth-order valence-corrected chi connectivity index (χ4v) is 2.49. The molecule has 0 aliphatic carbocycles. The van der Waals surface area contributed by atoms with Crippen LogP contribution in [-0.2, 0) is 10.1 Å². The average molecular weight is 405 g/mol. The molecule has 2 rings (SSSR count). The monoisotopic (exact) mass is 404 g/mol. The van der Waals surface area contributed by atoms with E-state index in [4.69, 9.17) is 36.2 Å². The summed E-state index contributed by atoms with van der Waals surface area (Å²) >= 11 is 11.6. The molecule has 0 unspecified atom stereocenters. The summed E-state index contributed by atoms with van der Waals surface area (Å²) in [4.78, 5) is 0. The van der Waals surface area contributed by atoms with E-state index in [1.165, 1.54) is 10.6 Å². The van der Waals surface area contributed by atoms with Gasteiger partial charge in [-0.2, -0.15) is 21.6 Å². The maximum absolute atomic E-state index is 10.7. The van der Waals surface area contributed by atoms with E-state index in [0.29, 0.717) is 8.58 Å². The first kappa shape index (κ1) is 20.2. The average Bonchev–Trinajstić information content (AvgIpc) is 2.42. The fraction of sp³-hybridized carbons (Fsp3) is 0.0769. The van der Waals surface area contributed by atoms with E-state index in [-0.39, 0.29) is 0 Å². The van der Waals surface area contributed by atoms with Gasteiger partial charge in [0.15, 0.2) is 0 Å². The number of hydrogen-bond donors (Lipinski definition) is 1. The zero-order valence-corrected chi connectivity index (χ0v) is 14.5. The van der Waals surface area contributed by atoms with Crippen LogP contribution in [0.4, 0.5) is 13.2 Å². The molecule has 1 N–H and O–H groups in total. The Labute approximate surface area is 143 Å². The van der Waals surface area contributed by atoms with E-state index in [1.54, 1.807) is 0 Å². The van der Waals surface area contributed by atoms with Crippen molar-refractivity contribution in [2.45, 2.75) is 5.51 Å². The van der Waals surface area contributed by atoms with Crippen LogP contribution in [0.25, 0.3) is 0 Å². The smallest absolute Gasteiger partial charge is 0.279 e. The van der Waals surface area contributed by atoms with Crippen LogP contribution in [0.2, 0.25) is 10.0 Å². The fourth-order valence-electron chi connectivity index (χ4n) is 1.23. The molecule has 10 heteroatoms. The highest BCUT2D eigenvalue weighted by molar-refractivity contribution is 7.86. The first-order valence-electron chi connectivity index (χ1n) is 5.81. The molecule has 0 amide bonds. The number of hydrogen-bond acceptors (Lipinski definition) is 2. The maximum atomic E-state index is 10.7. The number of halogens is 5. The van der Waals surface area contributed by atoms with Crippen LogP contribution in [0.1, 0.15) is 0 Å². The predicted octanol–water partition coefficient (Wildman–Crippen LogP) is 4.02. The topological polar surface area (TPSA) is 54.4 Å². The summed E-state index contributed by atoms with van der Waals surface area (Å²) in [7, 11) is -5.19. The Morgan fingerprint density at radius 1 is 0.826 bits per heavy atom. The molecule has 0 spiro atoms. The van der Waals surface area contributed by atoms with Crippen LogP contribution in [0.5, 0.6) is 0 Å². The van der Waals surface area contributed by atoms with Crippen molar-refractivity contribution in [3.05, 3.63) is 58.6 Å². The molecule has 0 saturated heterocycles. The van der Waals surface area contributed by atoms with Crippen LogP contribution in [0.15, 0.2) is 48.5 Å². The Morgan fingerprint density at radius 2 is 1.09 bits per heavy atom. The zero-order chi connectivity index (χ0) is 17.7. The van der Waals surface area contributed by atoms with Gasteiger partial charge in [-0.15, -0.1) is 0 Å². The SMILES string of the molecule is Clc1ccc(Pc2ccc(Cl)cc2)cc1.O=S(=O)(O)C(F)(F)F. The first-order chi connectivity index (χ1) is 10.5. The normalized spacial score (nSPS) is 11.6. The van der Waals surface area contributed by atoms with Crippen LogP contribution < -0.4 is 10.6 Å². The van der Waals surface area contributed by atoms with Crippen molar-refractivity contribution < 1.29 is 26.1 Å². The maximum Gasteiger partial charge on any atom is 0.522 e. The number of benzene rings is 2.